The van der Waals surface area contributed by atoms with Crippen LogP contribution in [0, 0.1) is 17.3 Å². The summed E-state index contributed by atoms with van der Waals surface area (Å²) in [6.45, 7) is 5.22. The van der Waals surface area contributed by atoms with Crippen molar-refractivity contribution < 1.29 is 5.11 Å². The Kier molecular flexibility index (Phi) is 3.79. The van der Waals surface area contributed by atoms with Crippen LogP contribution >= 0.6 is 23.2 Å². The Bertz CT molecular complexity index is 483. The maximum absolute atomic E-state index is 10.3. The predicted octanol–water partition coefficient (Wildman–Crippen LogP) is 4.05. The Morgan fingerprint density at radius 2 is 1.80 bits per heavy atom. The average molecular weight is 314 g/mol. The second kappa shape index (κ2) is 5.17. The van der Waals surface area contributed by atoms with Gasteiger partial charge in [-0.25, -0.2) is 0 Å². The summed E-state index contributed by atoms with van der Waals surface area (Å²) in [6.07, 6.45) is 1.79. The Labute approximate surface area is 130 Å². The quantitative estimate of drug-likeness (QED) is 0.879. The number of rotatable bonds is 4. The van der Waals surface area contributed by atoms with E-state index in [1.165, 1.54) is 12.8 Å². The van der Waals surface area contributed by atoms with Gasteiger partial charge in [0.05, 0.1) is 6.10 Å². The first-order valence-corrected chi connectivity index (χ1v) is 8.02. The van der Waals surface area contributed by atoms with E-state index < -0.39 is 6.10 Å². The van der Waals surface area contributed by atoms with E-state index >= 15 is 0 Å². The SMILES string of the molecule is CC1(C)[C@@H]2CC(NCC(O)c3c(Cl)cccc3Cl)C[C@@H]21. The molecule has 0 amide bonds. The van der Waals surface area contributed by atoms with Gasteiger partial charge in [-0.15, -0.1) is 0 Å². The van der Waals surface area contributed by atoms with Gasteiger partial charge < -0.3 is 10.4 Å². The Balaban J connectivity index is 1.55. The van der Waals surface area contributed by atoms with Crippen LogP contribution in [0.1, 0.15) is 38.4 Å². The number of hydrogen-bond donors (Lipinski definition) is 2. The molecule has 2 nitrogen and oxygen atoms in total. The fraction of sp³-hybridized carbons (Fsp3) is 0.625. The van der Waals surface area contributed by atoms with Gasteiger partial charge in [-0.3, -0.25) is 0 Å². The van der Waals surface area contributed by atoms with Gasteiger partial charge in [0, 0.05) is 28.2 Å². The molecular weight excluding hydrogens is 293 g/mol. The summed E-state index contributed by atoms with van der Waals surface area (Å²) >= 11 is 12.2. The third-order valence-corrected chi connectivity index (χ3v) is 5.96. The van der Waals surface area contributed by atoms with Crippen molar-refractivity contribution in [2.45, 2.75) is 38.8 Å². The molecule has 3 rings (SSSR count). The molecule has 0 bridgehead atoms. The zero-order valence-corrected chi connectivity index (χ0v) is 13.4. The Morgan fingerprint density at radius 3 is 2.35 bits per heavy atom. The van der Waals surface area contributed by atoms with E-state index in [0.29, 0.717) is 33.6 Å². The number of nitrogens with one attached hydrogen (secondary N) is 1. The van der Waals surface area contributed by atoms with Crippen molar-refractivity contribution in [3.05, 3.63) is 33.8 Å². The van der Waals surface area contributed by atoms with Crippen molar-refractivity contribution in [1.29, 1.82) is 0 Å². The Morgan fingerprint density at radius 1 is 1.25 bits per heavy atom. The van der Waals surface area contributed by atoms with Gasteiger partial charge in [-0.05, 0) is 42.2 Å². The molecule has 0 aromatic heterocycles. The maximum Gasteiger partial charge on any atom is 0.0943 e. The highest BCUT2D eigenvalue weighted by atomic mass is 35.5. The van der Waals surface area contributed by atoms with E-state index in [-0.39, 0.29) is 0 Å². The van der Waals surface area contributed by atoms with Crippen LogP contribution in [0.25, 0.3) is 0 Å². The van der Waals surface area contributed by atoms with Crippen molar-refractivity contribution in [3.8, 4) is 0 Å². The highest BCUT2D eigenvalue weighted by Gasteiger charge is 2.61. The van der Waals surface area contributed by atoms with Gasteiger partial charge in [0.2, 0.25) is 0 Å². The van der Waals surface area contributed by atoms with Gasteiger partial charge in [0.15, 0.2) is 0 Å². The molecule has 0 aliphatic heterocycles. The molecule has 20 heavy (non-hydrogen) atoms. The van der Waals surface area contributed by atoms with Crippen molar-refractivity contribution in [3.63, 3.8) is 0 Å². The van der Waals surface area contributed by atoms with E-state index in [0.717, 1.165) is 11.8 Å². The molecule has 2 fully saturated rings. The van der Waals surface area contributed by atoms with E-state index in [2.05, 4.69) is 19.2 Å². The van der Waals surface area contributed by atoms with Gasteiger partial charge >= 0.3 is 0 Å². The van der Waals surface area contributed by atoms with Crippen molar-refractivity contribution in [1.82, 2.24) is 5.32 Å². The van der Waals surface area contributed by atoms with Gasteiger partial charge in [0.25, 0.3) is 0 Å². The second-order valence-corrected chi connectivity index (χ2v) is 7.58. The zero-order chi connectivity index (χ0) is 14.5. The van der Waals surface area contributed by atoms with Crippen molar-refractivity contribution >= 4 is 23.2 Å². The third kappa shape index (κ3) is 2.48. The number of aliphatic hydroxyl groups is 1. The Hall–Kier alpha value is -0.280. The minimum atomic E-state index is -0.652. The number of aliphatic hydroxyl groups excluding tert-OH is 1. The van der Waals surface area contributed by atoms with E-state index in [1.54, 1.807) is 18.2 Å². The van der Waals surface area contributed by atoms with E-state index in [1.807, 2.05) is 0 Å². The lowest BCUT2D eigenvalue weighted by Crippen LogP contribution is -2.33. The topological polar surface area (TPSA) is 32.3 Å². The number of benzene rings is 1. The smallest absolute Gasteiger partial charge is 0.0943 e. The minimum absolute atomic E-state index is 0.508. The van der Waals surface area contributed by atoms with Crippen LogP contribution in [0.2, 0.25) is 10.0 Å². The molecule has 0 saturated heterocycles. The molecule has 4 heteroatoms. The molecular formula is C16H21Cl2NO. The maximum atomic E-state index is 10.3. The normalized spacial score (nSPS) is 31.9. The lowest BCUT2D eigenvalue weighted by atomic mass is 9.97. The fourth-order valence-electron chi connectivity index (χ4n) is 3.88. The van der Waals surface area contributed by atoms with Crippen LogP contribution < -0.4 is 5.32 Å². The lowest BCUT2D eigenvalue weighted by Gasteiger charge is -2.21. The van der Waals surface area contributed by atoms with Gasteiger partial charge in [-0.1, -0.05) is 43.1 Å². The molecule has 2 saturated carbocycles. The van der Waals surface area contributed by atoms with Crippen LogP contribution in [0.15, 0.2) is 18.2 Å². The molecule has 0 heterocycles. The summed E-state index contributed by atoms with van der Waals surface area (Å²) in [5.74, 6) is 1.72. The number of halogens is 2. The van der Waals surface area contributed by atoms with E-state index in [4.69, 9.17) is 23.2 Å². The molecule has 1 aromatic rings. The summed E-state index contributed by atoms with van der Waals surface area (Å²) in [7, 11) is 0. The van der Waals surface area contributed by atoms with Crippen molar-refractivity contribution in [2.75, 3.05) is 6.54 Å². The first-order chi connectivity index (χ1) is 9.41. The highest BCUT2D eigenvalue weighted by molar-refractivity contribution is 6.36. The summed E-state index contributed by atoms with van der Waals surface area (Å²) in [6, 6.07) is 5.84. The summed E-state index contributed by atoms with van der Waals surface area (Å²) in [5, 5.41) is 14.8. The van der Waals surface area contributed by atoms with Crippen LogP contribution in [0.3, 0.4) is 0 Å². The van der Waals surface area contributed by atoms with Crippen LogP contribution in [-0.4, -0.2) is 17.7 Å². The van der Waals surface area contributed by atoms with Gasteiger partial charge in [-0.2, -0.15) is 0 Å². The molecule has 2 aliphatic carbocycles. The first kappa shape index (κ1) is 14.6. The molecule has 2 aliphatic rings. The first-order valence-electron chi connectivity index (χ1n) is 7.26. The number of hydrogen-bond acceptors (Lipinski definition) is 2. The predicted molar refractivity (Wildman–Crippen MR) is 83.2 cm³/mol. The molecule has 110 valence electrons. The monoisotopic (exact) mass is 313 g/mol. The zero-order valence-electron chi connectivity index (χ0n) is 11.9. The highest BCUT2D eigenvalue weighted by Crippen LogP contribution is 2.66. The molecule has 0 radical (unpaired) electrons. The molecule has 1 aromatic carbocycles. The van der Waals surface area contributed by atoms with Crippen LogP contribution in [0.4, 0.5) is 0 Å². The molecule has 4 atom stereocenters. The third-order valence-electron chi connectivity index (χ3n) is 5.30. The summed E-state index contributed by atoms with van der Waals surface area (Å²) < 4.78 is 0. The molecule has 2 unspecified atom stereocenters. The van der Waals surface area contributed by atoms with E-state index in [9.17, 15) is 5.11 Å². The van der Waals surface area contributed by atoms with Gasteiger partial charge in [0.1, 0.15) is 0 Å². The largest absolute Gasteiger partial charge is 0.387 e. The van der Waals surface area contributed by atoms with Crippen LogP contribution in [-0.2, 0) is 0 Å². The summed E-state index contributed by atoms with van der Waals surface area (Å²) in [4.78, 5) is 0. The summed E-state index contributed by atoms with van der Waals surface area (Å²) in [5.41, 5.74) is 1.18. The van der Waals surface area contributed by atoms with Crippen molar-refractivity contribution in [2.24, 2.45) is 17.3 Å². The second-order valence-electron chi connectivity index (χ2n) is 6.76. The molecule has 0 spiro atoms. The standard InChI is InChI=1S/C16H21Cl2NO/c1-16(2)10-6-9(7-11(10)16)19-8-14(20)15-12(17)4-3-5-13(15)18/h3-5,9-11,14,19-20H,6-8H2,1-2H3/t9?,10-,11+,14?. The molecule has 2 N–H and O–H groups in total. The van der Waals surface area contributed by atoms with Crippen LogP contribution in [0.5, 0.6) is 0 Å². The minimum Gasteiger partial charge on any atom is -0.387 e. The fourth-order valence-corrected chi connectivity index (χ4v) is 4.53. The lowest BCUT2D eigenvalue weighted by molar-refractivity contribution is 0.168. The average Bonchev–Trinajstić information content (AvgIpc) is 2.78. The number of fused-ring (bicyclic) bond motifs is 1.